The summed E-state index contributed by atoms with van der Waals surface area (Å²) < 4.78 is 7.74. The van der Waals surface area contributed by atoms with E-state index in [-0.39, 0.29) is 33.8 Å². The molecule has 3 aromatic carbocycles. The molecule has 182 valence electrons. The fourth-order valence-electron chi connectivity index (χ4n) is 3.39. The Morgan fingerprint density at radius 1 is 1.08 bits per heavy atom. The first-order valence-corrected chi connectivity index (χ1v) is 11.8. The lowest BCUT2D eigenvalue weighted by Crippen LogP contribution is -2.20. The Kier molecular flexibility index (Phi) is 7.22. The van der Waals surface area contributed by atoms with Gasteiger partial charge in [-0.2, -0.15) is 9.78 Å². The third-order valence-corrected chi connectivity index (χ3v) is 6.12. The van der Waals surface area contributed by atoms with Gasteiger partial charge in [0.2, 0.25) is 5.75 Å². The highest BCUT2D eigenvalue weighted by Gasteiger charge is 2.21. The van der Waals surface area contributed by atoms with Crippen molar-refractivity contribution in [3.05, 3.63) is 111 Å². The Bertz CT molecular complexity index is 1620. The molecule has 1 heterocycles. The number of ether oxygens (including phenoxy) is 1. The van der Waals surface area contributed by atoms with E-state index in [1.807, 2.05) is 0 Å². The van der Waals surface area contributed by atoms with Crippen molar-refractivity contribution in [3.8, 4) is 5.75 Å². The normalized spacial score (nSPS) is 11.2. The lowest BCUT2D eigenvalue weighted by molar-refractivity contribution is -0.386. The van der Waals surface area contributed by atoms with E-state index in [1.165, 1.54) is 30.5 Å². The molecule has 0 spiro atoms. The average molecular weight is 617 g/mol. The highest BCUT2D eigenvalue weighted by Crippen LogP contribution is 2.36. The minimum absolute atomic E-state index is 0.0470. The number of rotatable bonds is 7. The maximum atomic E-state index is 12.9. The van der Waals surface area contributed by atoms with Gasteiger partial charge in [-0.3, -0.25) is 25.0 Å². The van der Waals surface area contributed by atoms with Gasteiger partial charge in [0.05, 0.1) is 31.4 Å². The molecule has 11 nitrogen and oxygen atoms in total. The molecule has 1 aromatic heterocycles. The van der Waals surface area contributed by atoms with Gasteiger partial charge in [0.1, 0.15) is 12.4 Å². The molecule has 0 saturated carbocycles. The van der Waals surface area contributed by atoms with E-state index in [0.29, 0.717) is 32.3 Å². The van der Waals surface area contributed by atoms with E-state index in [0.717, 1.165) is 4.68 Å². The minimum Gasteiger partial charge on any atom is -0.481 e. The highest BCUT2D eigenvalue weighted by atomic mass is 79.9. The molecule has 0 aliphatic heterocycles. The quantitative estimate of drug-likeness (QED) is 0.151. The second-order valence-electron chi connectivity index (χ2n) is 7.51. The predicted octanol–water partition coefficient (Wildman–Crippen LogP) is 5.51. The molecule has 0 aliphatic rings. The van der Waals surface area contributed by atoms with E-state index < -0.39 is 9.85 Å². The average Bonchev–Trinajstić information content (AvgIpc) is 2.83. The maximum Gasteiger partial charge on any atom is 0.312 e. The summed E-state index contributed by atoms with van der Waals surface area (Å²) in [6.45, 7) is 1.50. The van der Waals surface area contributed by atoms with Crippen molar-refractivity contribution in [3.63, 3.8) is 0 Å². The topological polar surface area (TPSA) is 143 Å². The number of hydrogen-bond donors (Lipinski definition) is 0. The molecule has 13 heteroatoms. The zero-order valence-corrected chi connectivity index (χ0v) is 21.6. The van der Waals surface area contributed by atoms with E-state index in [9.17, 15) is 25.0 Å². The number of aromatic nitrogens is 2. The van der Waals surface area contributed by atoms with Crippen LogP contribution in [0.4, 0.5) is 11.4 Å². The number of halogens is 2. The molecule has 4 aromatic rings. The van der Waals surface area contributed by atoms with Gasteiger partial charge in [-0.1, -0.05) is 28.1 Å². The first-order valence-electron chi connectivity index (χ1n) is 10.2. The molecule has 0 N–H and O–H groups in total. The molecule has 0 bridgehead atoms. The van der Waals surface area contributed by atoms with Gasteiger partial charge in [0.15, 0.2) is 0 Å². The Hall–Kier alpha value is -3.97. The molecule has 0 saturated heterocycles. The molecule has 0 amide bonds. The number of aryl methyl sites for hydroxylation is 1. The van der Waals surface area contributed by atoms with Gasteiger partial charge >= 0.3 is 5.69 Å². The third-order valence-electron chi connectivity index (χ3n) is 5.04. The SMILES string of the molecule is Cc1nc2ccc(Br)cc2c(=O)n1N=Cc1cc(Br)c(OCc2cccc([N+](=O)[O-])c2)c([N+](=O)[O-])c1. The van der Waals surface area contributed by atoms with Gasteiger partial charge in [-0.05, 0) is 52.7 Å². The zero-order chi connectivity index (χ0) is 26.0. The molecular formula is C23H15Br2N5O6. The van der Waals surface area contributed by atoms with Gasteiger partial charge in [0, 0.05) is 28.2 Å². The van der Waals surface area contributed by atoms with Gasteiger partial charge in [-0.25, -0.2) is 4.98 Å². The Balaban J connectivity index is 1.66. The van der Waals surface area contributed by atoms with Crippen LogP contribution in [0.15, 0.2) is 73.4 Å². The minimum atomic E-state index is -0.614. The predicted molar refractivity (Wildman–Crippen MR) is 140 cm³/mol. The van der Waals surface area contributed by atoms with Crippen LogP contribution in [0.25, 0.3) is 10.9 Å². The van der Waals surface area contributed by atoms with Crippen LogP contribution in [0.3, 0.4) is 0 Å². The second kappa shape index (κ2) is 10.3. The summed E-state index contributed by atoms with van der Waals surface area (Å²) in [5, 5.41) is 27.3. The van der Waals surface area contributed by atoms with Crippen LogP contribution in [0, 0.1) is 27.2 Å². The summed E-state index contributed by atoms with van der Waals surface area (Å²) in [6, 6.07) is 13.7. The van der Waals surface area contributed by atoms with Crippen LogP contribution in [0.1, 0.15) is 17.0 Å². The summed E-state index contributed by atoms with van der Waals surface area (Å²) in [4.78, 5) is 38.9. The fourth-order valence-corrected chi connectivity index (χ4v) is 4.33. The van der Waals surface area contributed by atoms with E-state index >= 15 is 0 Å². The third kappa shape index (κ3) is 5.31. The first-order chi connectivity index (χ1) is 17.1. The van der Waals surface area contributed by atoms with Crippen LogP contribution in [-0.2, 0) is 6.61 Å². The van der Waals surface area contributed by atoms with Crippen LogP contribution < -0.4 is 10.3 Å². The van der Waals surface area contributed by atoms with E-state index in [2.05, 4.69) is 41.9 Å². The molecule has 0 atom stereocenters. The number of non-ortho nitro benzene ring substituents is 1. The smallest absolute Gasteiger partial charge is 0.312 e. The molecular weight excluding hydrogens is 602 g/mol. The Morgan fingerprint density at radius 3 is 2.58 bits per heavy atom. The van der Waals surface area contributed by atoms with Crippen molar-refractivity contribution in [2.24, 2.45) is 5.10 Å². The number of hydrogen-bond acceptors (Lipinski definition) is 8. The van der Waals surface area contributed by atoms with Crippen LogP contribution in [0.5, 0.6) is 5.75 Å². The first kappa shape index (κ1) is 25.1. The van der Waals surface area contributed by atoms with Gasteiger partial charge < -0.3 is 4.74 Å². The van der Waals surface area contributed by atoms with Crippen molar-refractivity contribution < 1.29 is 14.6 Å². The summed E-state index contributed by atoms with van der Waals surface area (Å²) in [5.74, 6) is 0.297. The lowest BCUT2D eigenvalue weighted by Gasteiger charge is -2.10. The number of nitro benzene ring substituents is 2. The molecule has 0 fully saturated rings. The standard InChI is InChI=1S/C23H15Br2N5O6/c1-13-27-20-6-5-16(24)10-18(20)23(31)28(13)26-11-15-8-19(25)22(21(9-15)30(34)35)36-12-14-3-2-4-17(7-14)29(32)33/h2-11H,12H2,1H3. The molecule has 0 aliphatic carbocycles. The van der Waals surface area contributed by atoms with Gasteiger partial charge in [0.25, 0.3) is 11.2 Å². The van der Waals surface area contributed by atoms with Crippen LogP contribution in [-0.4, -0.2) is 25.7 Å². The van der Waals surface area contributed by atoms with Crippen molar-refractivity contribution in [2.75, 3.05) is 0 Å². The van der Waals surface area contributed by atoms with E-state index in [4.69, 9.17) is 4.74 Å². The summed E-state index contributed by atoms with van der Waals surface area (Å²) in [5.41, 5.74) is 0.479. The Labute approximate surface area is 219 Å². The molecule has 0 radical (unpaired) electrons. The summed E-state index contributed by atoms with van der Waals surface area (Å²) >= 11 is 6.62. The van der Waals surface area contributed by atoms with Crippen LogP contribution >= 0.6 is 31.9 Å². The Morgan fingerprint density at radius 2 is 1.86 bits per heavy atom. The largest absolute Gasteiger partial charge is 0.481 e. The number of nitrogens with zero attached hydrogens (tertiary/aromatic N) is 5. The van der Waals surface area contributed by atoms with Crippen molar-refractivity contribution >= 4 is 60.4 Å². The van der Waals surface area contributed by atoms with Crippen molar-refractivity contribution in [1.29, 1.82) is 0 Å². The maximum absolute atomic E-state index is 12.9. The van der Waals surface area contributed by atoms with Crippen LogP contribution in [0.2, 0.25) is 0 Å². The van der Waals surface area contributed by atoms with Crippen molar-refractivity contribution in [2.45, 2.75) is 13.5 Å². The van der Waals surface area contributed by atoms with Crippen molar-refractivity contribution in [1.82, 2.24) is 9.66 Å². The second-order valence-corrected chi connectivity index (χ2v) is 9.28. The molecule has 0 unspecified atom stereocenters. The fraction of sp³-hybridized carbons (Fsp3) is 0.0870. The summed E-state index contributed by atoms with van der Waals surface area (Å²) in [7, 11) is 0. The van der Waals surface area contributed by atoms with Gasteiger partial charge in [-0.15, -0.1) is 0 Å². The molecule has 36 heavy (non-hydrogen) atoms. The zero-order valence-electron chi connectivity index (χ0n) is 18.4. The number of nitro groups is 2. The number of benzene rings is 3. The summed E-state index contributed by atoms with van der Waals surface area (Å²) in [6.07, 6.45) is 1.31. The number of fused-ring (bicyclic) bond motifs is 1. The highest BCUT2D eigenvalue weighted by molar-refractivity contribution is 9.10. The monoisotopic (exact) mass is 615 g/mol. The van der Waals surface area contributed by atoms with E-state index in [1.54, 1.807) is 37.3 Å². The molecule has 4 rings (SSSR count). The lowest BCUT2D eigenvalue weighted by atomic mass is 10.2.